The Kier molecular flexibility index (Phi) is 4.05. The topological polar surface area (TPSA) is 38.1 Å². The number of oxazole rings is 1. The SMILES string of the molecule is CCC1CCCCC1Nc1ccc(-c2cnco2)cc1. The Morgan fingerprint density at radius 3 is 2.70 bits per heavy atom. The van der Waals surface area contributed by atoms with E-state index in [1.54, 1.807) is 6.20 Å². The molecule has 0 radical (unpaired) electrons. The molecule has 3 heteroatoms. The molecule has 1 fully saturated rings. The lowest BCUT2D eigenvalue weighted by atomic mass is 9.83. The van der Waals surface area contributed by atoms with E-state index in [-0.39, 0.29) is 0 Å². The molecule has 1 heterocycles. The summed E-state index contributed by atoms with van der Waals surface area (Å²) in [5.74, 6) is 1.64. The van der Waals surface area contributed by atoms with Crippen LogP contribution in [-0.4, -0.2) is 11.0 Å². The van der Waals surface area contributed by atoms with Crippen molar-refractivity contribution in [1.82, 2.24) is 4.98 Å². The van der Waals surface area contributed by atoms with Crippen molar-refractivity contribution in [2.75, 3.05) is 5.32 Å². The molecule has 2 unspecified atom stereocenters. The van der Waals surface area contributed by atoms with Crippen molar-refractivity contribution >= 4 is 5.69 Å². The van der Waals surface area contributed by atoms with E-state index in [0.717, 1.165) is 17.2 Å². The van der Waals surface area contributed by atoms with Crippen LogP contribution in [0.15, 0.2) is 41.3 Å². The van der Waals surface area contributed by atoms with Gasteiger partial charge in [-0.3, -0.25) is 0 Å². The highest BCUT2D eigenvalue weighted by molar-refractivity contribution is 5.60. The second-order valence-corrected chi connectivity index (χ2v) is 5.65. The number of hydrogen-bond donors (Lipinski definition) is 1. The average molecular weight is 270 g/mol. The molecule has 0 bridgehead atoms. The van der Waals surface area contributed by atoms with Gasteiger partial charge in [0.2, 0.25) is 0 Å². The van der Waals surface area contributed by atoms with E-state index in [4.69, 9.17) is 4.42 Å². The fourth-order valence-electron chi connectivity index (χ4n) is 3.19. The quantitative estimate of drug-likeness (QED) is 0.873. The Bertz CT molecular complexity index is 518. The van der Waals surface area contributed by atoms with Crippen LogP contribution in [0.1, 0.15) is 39.0 Å². The van der Waals surface area contributed by atoms with E-state index in [2.05, 4.69) is 41.5 Å². The molecule has 1 saturated carbocycles. The Morgan fingerprint density at radius 2 is 2.00 bits per heavy atom. The molecule has 1 N–H and O–H groups in total. The highest BCUT2D eigenvalue weighted by Crippen LogP contribution is 2.30. The summed E-state index contributed by atoms with van der Waals surface area (Å²) in [6, 6.07) is 9.09. The fourth-order valence-corrected chi connectivity index (χ4v) is 3.19. The number of anilines is 1. The van der Waals surface area contributed by atoms with Gasteiger partial charge < -0.3 is 9.73 Å². The van der Waals surface area contributed by atoms with Gasteiger partial charge in [-0.25, -0.2) is 4.98 Å². The molecule has 0 spiro atoms. The molecule has 20 heavy (non-hydrogen) atoms. The molecule has 2 aromatic rings. The summed E-state index contributed by atoms with van der Waals surface area (Å²) >= 11 is 0. The largest absolute Gasteiger partial charge is 0.444 e. The minimum absolute atomic E-state index is 0.630. The normalized spacial score (nSPS) is 22.6. The van der Waals surface area contributed by atoms with Crippen LogP contribution in [0.4, 0.5) is 5.69 Å². The van der Waals surface area contributed by atoms with E-state index in [0.29, 0.717) is 6.04 Å². The highest BCUT2D eigenvalue weighted by Gasteiger charge is 2.23. The van der Waals surface area contributed by atoms with E-state index < -0.39 is 0 Å². The Hall–Kier alpha value is -1.77. The first kappa shape index (κ1) is 13.2. The lowest BCUT2D eigenvalue weighted by Gasteiger charge is -2.32. The maximum atomic E-state index is 5.31. The molecular weight excluding hydrogens is 248 g/mol. The van der Waals surface area contributed by atoms with Crippen LogP contribution in [0.3, 0.4) is 0 Å². The van der Waals surface area contributed by atoms with Gasteiger partial charge in [-0.2, -0.15) is 0 Å². The standard InChI is InChI=1S/C17H22N2O/c1-2-13-5-3-4-6-16(13)19-15-9-7-14(8-10-15)17-11-18-12-20-17/h7-13,16,19H,2-6H2,1H3. The van der Waals surface area contributed by atoms with Crippen LogP contribution >= 0.6 is 0 Å². The minimum Gasteiger partial charge on any atom is -0.444 e. The molecule has 0 saturated heterocycles. The van der Waals surface area contributed by atoms with Crippen molar-refractivity contribution in [2.24, 2.45) is 5.92 Å². The molecule has 1 aliphatic carbocycles. The molecule has 0 amide bonds. The Balaban J connectivity index is 1.68. The highest BCUT2D eigenvalue weighted by atomic mass is 16.3. The third kappa shape index (κ3) is 2.87. The van der Waals surface area contributed by atoms with Crippen LogP contribution in [0.5, 0.6) is 0 Å². The summed E-state index contributed by atoms with van der Waals surface area (Å²) in [4.78, 5) is 3.95. The maximum Gasteiger partial charge on any atom is 0.181 e. The second-order valence-electron chi connectivity index (χ2n) is 5.65. The fraction of sp³-hybridized carbons (Fsp3) is 0.471. The predicted molar refractivity (Wildman–Crippen MR) is 81.6 cm³/mol. The zero-order chi connectivity index (χ0) is 13.8. The third-order valence-electron chi connectivity index (χ3n) is 4.39. The van der Waals surface area contributed by atoms with Crippen LogP contribution in [-0.2, 0) is 0 Å². The number of nitrogens with one attached hydrogen (secondary N) is 1. The van der Waals surface area contributed by atoms with Gasteiger partial charge in [-0.15, -0.1) is 0 Å². The lowest BCUT2D eigenvalue weighted by Crippen LogP contribution is -2.31. The zero-order valence-electron chi connectivity index (χ0n) is 12.0. The second kappa shape index (κ2) is 6.12. The first-order valence-electron chi connectivity index (χ1n) is 7.62. The summed E-state index contributed by atoms with van der Waals surface area (Å²) in [5.41, 5.74) is 2.28. The number of hydrogen-bond acceptors (Lipinski definition) is 3. The summed E-state index contributed by atoms with van der Waals surface area (Å²) in [6.45, 7) is 2.30. The summed E-state index contributed by atoms with van der Waals surface area (Å²) in [6.07, 6.45) is 9.89. The summed E-state index contributed by atoms with van der Waals surface area (Å²) in [7, 11) is 0. The molecule has 0 aliphatic heterocycles. The number of aromatic nitrogens is 1. The minimum atomic E-state index is 0.630. The van der Waals surface area contributed by atoms with Gasteiger partial charge >= 0.3 is 0 Å². The molecule has 1 aromatic carbocycles. The first-order chi connectivity index (χ1) is 9.86. The monoisotopic (exact) mass is 270 g/mol. The third-order valence-corrected chi connectivity index (χ3v) is 4.39. The van der Waals surface area contributed by atoms with E-state index in [1.165, 1.54) is 44.2 Å². The van der Waals surface area contributed by atoms with Gasteiger partial charge in [0, 0.05) is 17.3 Å². The van der Waals surface area contributed by atoms with Crippen molar-refractivity contribution in [1.29, 1.82) is 0 Å². The van der Waals surface area contributed by atoms with Crippen LogP contribution < -0.4 is 5.32 Å². The molecule has 1 aliphatic rings. The zero-order valence-corrected chi connectivity index (χ0v) is 12.0. The van der Waals surface area contributed by atoms with Gasteiger partial charge in [0.05, 0.1) is 6.20 Å². The lowest BCUT2D eigenvalue weighted by molar-refractivity contribution is 0.317. The summed E-state index contributed by atoms with van der Waals surface area (Å²) in [5, 5.41) is 3.71. The Labute approximate surface area is 120 Å². The van der Waals surface area contributed by atoms with Gasteiger partial charge in [0.25, 0.3) is 0 Å². The van der Waals surface area contributed by atoms with Crippen molar-refractivity contribution < 1.29 is 4.42 Å². The molecular formula is C17H22N2O. The van der Waals surface area contributed by atoms with Crippen molar-refractivity contribution in [3.63, 3.8) is 0 Å². The predicted octanol–water partition coefficient (Wildman–Crippen LogP) is 4.72. The number of rotatable bonds is 4. The average Bonchev–Trinajstić information content (AvgIpc) is 3.03. The molecule has 3 nitrogen and oxygen atoms in total. The Morgan fingerprint density at radius 1 is 1.20 bits per heavy atom. The molecule has 106 valence electrons. The maximum absolute atomic E-state index is 5.31. The molecule has 1 aromatic heterocycles. The van der Waals surface area contributed by atoms with Gasteiger partial charge in [-0.1, -0.05) is 26.2 Å². The van der Waals surface area contributed by atoms with Crippen molar-refractivity contribution in [3.8, 4) is 11.3 Å². The molecule has 3 rings (SSSR count). The van der Waals surface area contributed by atoms with Gasteiger partial charge in [-0.05, 0) is 43.0 Å². The van der Waals surface area contributed by atoms with Crippen LogP contribution in [0.25, 0.3) is 11.3 Å². The first-order valence-corrected chi connectivity index (χ1v) is 7.62. The van der Waals surface area contributed by atoms with Crippen LogP contribution in [0.2, 0.25) is 0 Å². The van der Waals surface area contributed by atoms with Crippen molar-refractivity contribution in [3.05, 3.63) is 36.9 Å². The van der Waals surface area contributed by atoms with Crippen LogP contribution in [0, 0.1) is 5.92 Å². The van der Waals surface area contributed by atoms with Gasteiger partial charge in [0.15, 0.2) is 12.2 Å². The van der Waals surface area contributed by atoms with Crippen molar-refractivity contribution in [2.45, 2.75) is 45.1 Å². The van der Waals surface area contributed by atoms with E-state index in [9.17, 15) is 0 Å². The molecule has 2 atom stereocenters. The smallest absolute Gasteiger partial charge is 0.181 e. The van der Waals surface area contributed by atoms with E-state index in [1.807, 2.05) is 0 Å². The van der Waals surface area contributed by atoms with Gasteiger partial charge in [0.1, 0.15) is 0 Å². The number of nitrogens with zero attached hydrogens (tertiary/aromatic N) is 1. The number of benzene rings is 1. The van der Waals surface area contributed by atoms with E-state index >= 15 is 0 Å². The summed E-state index contributed by atoms with van der Waals surface area (Å²) < 4.78 is 5.31.